The first-order chi connectivity index (χ1) is 10.2. The van der Waals surface area contributed by atoms with Gasteiger partial charge in [-0.3, -0.25) is 0 Å². The summed E-state index contributed by atoms with van der Waals surface area (Å²) in [6, 6.07) is 7.37. The van der Waals surface area contributed by atoms with Gasteiger partial charge in [0.25, 0.3) is 0 Å². The van der Waals surface area contributed by atoms with E-state index in [0.29, 0.717) is 17.7 Å². The normalized spacial score (nSPS) is 22.6. The summed E-state index contributed by atoms with van der Waals surface area (Å²) in [7, 11) is -0.473. The minimum Gasteiger partial charge on any atom is -0.399 e. The van der Waals surface area contributed by atoms with E-state index in [1.807, 2.05) is 45.9 Å². The molecule has 0 radical (unpaired) electrons. The molecule has 1 aliphatic rings. The van der Waals surface area contributed by atoms with Gasteiger partial charge in [-0.15, -0.1) is 0 Å². The Labute approximate surface area is 138 Å². The molecular formula is C16H25BO4S. The molecule has 1 aliphatic heterocycles. The van der Waals surface area contributed by atoms with E-state index in [1.165, 1.54) is 0 Å². The first-order valence-electron chi connectivity index (χ1n) is 7.60. The molecule has 4 nitrogen and oxygen atoms in total. The van der Waals surface area contributed by atoms with Gasteiger partial charge in [-0.1, -0.05) is 24.3 Å². The van der Waals surface area contributed by atoms with Crippen LogP contribution in [0.15, 0.2) is 24.3 Å². The molecule has 1 heterocycles. The van der Waals surface area contributed by atoms with Crippen LogP contribution in [-0.2, 0) is 9.31 Å². The van der Waals surface area contributed by atoms with Gasteiger partial charge in [0.05, 0.1) is 17.3 Å². The van der Waals surface area contributed by atoms with E-state index in [1.54, 1.807) is 6.07 Å². The van der Waals surface area contributed by atoms with Gasteiger partial charge in [-0.2, -0.15) is 12.6 Å². The number of aliphatic hydroxyl groups is 2. The first kappa shape index (κ1) is 17.8. The molecule has 0 amide bonds. The topological polar surface area (TPSA) is 58.9 Å². The molecule has 0 saturated carbocycles. The third-order valence-electron chi connectivity index (χ3n) is 4.57. The molecule has 0 spiro atoms. The Morgan fingerprint density at radius 1 is 1.14 bits per heavy atom. The summed E-state index contributed by atoms with van der Waals surface area (Å²) in [5.74, 6) is 0.523. The largest absolute Gasteiger partial charge is 0.494 e. The number of hydrogen-bond donors (Lipinski definition) is 3. The molecule has 22 heavy (non-hydrogen) atoms. The molecule has 0 aliphatic carbocycles. The summed E-state index contributed by atoms with van der Waals surface area (Å²) in [5, 5.41) is 20.2. The Morgan fingerprint density at radius 2 is 1.73 bits per heavy atom. The lowest BCUT2D eigenvalue weighted by atomic mass is 9.78. The predicted molar refractivity (Wildman–Crippen MR) is 91.6 cm³/mol. The van der Waals surface area contributed by atoms with Crippen LogP contribution >= 0.6 is 12.6 Å². The number of rotatable bonds is 5. The minimum atomic E-state index is -0.936. The van der Waals surface area contributed by atoms with Crippen LogP contribution in [0.4, 0.5) is 0 Å². The van der Waals surface area contributed by atoms with E-state index in [9.17, 15) is 10.2 Å². The summed E-state index contributed by atoms with van der Waals surface area (Å²) in [6.45, 7) is 8.01. The highest BCUT2D eigenvalue weighted by Crippen LogP contribution is 2.36. The molecule has 122 valence electrons. The highest BCUT2D eigenvalue weighted by molar-refractivity contribution is 7.80. The van der Waals surface area contributed by atoms with Crippen molar-refractivity contribution in [1.29, 1.82) is 0 Å². The molecule has 0 bridgehead atoms. The van der Waals surface area contributed by atoms with Gasteiger partial charge in [0.1, 0.15) is 6.10 Å². The van der Waals surface area contributed by atoms with Crippen molar-refractivity contribution in [2.75, 3.05) is 5.75 Å². The van der Waals surface area contributed by atoms with E-state index in [-0.39, 0.29) is 0 Å². The maximum Gasteiger partial charge on any atom is 0.494 e. The second kappa shape index (κ2) is 6.53. The molecule has 1 saturated heterocycles. The van der Waals surface area contributed by atoms with Gasteiger partial charge in [0.15, 0.2) is 0 Å². The zero-order valence-electron chi connectivity index (χ0n) is 13.6. The number of benzene rings is 1. The molecule has 1 fully saturated rings. The molecule has 2 N–H and O–H groups in total. The van der Waals surface area contributed by atoms with Crippen LogP contribution in [-0.4, -0.2) is 40.4 Å². The summed E-state index contributed by atoms with van der Waals surface area (Å²) >= 11 is 4.09. The van der Waals surface area contributed by atoms with E-state index >= 15 is 0 Å². The smallest absolute Gasteiger partial charge is 0.399 e. The van der Waals surface area contributed by atoms with Crippen LogP contribution in [0.2, 0.25) is 0 Å². The lowest BCUT2D eigenvalue weighted by Crippen LogP contribution is -2.41. The monoisotopic (exact) mass is 324 g/mol. The van der Waals surface area contributed by atoms with Crippen molar-refractivity contribution in [3.05, 3.63) is 29.8 Å². The molecule has 0 aromatic heterocycles. The third kappa shape index (κ3) is 3.52. The highest BCUT2D eigenvalue weighted by Gasteiger charge is 2.51. The zero-order chi connectivity index (χ0) is 16.5. The Hall–Kier alpha value is -0.525. The number of aliphatic hydroxyl groups excluding tert-OH is 2. The van der Waals surface area contributed by atoms with Gasteiger partial charge in [-0.05, 0) is 50.9 Å². The fourth-order valence-electron chi connectivity index (χ4n) is 2.38. The Morgan fingerprint density at radius 3 is 2.27 bits per heavy atom. The van der Waals surface area contributed by atoms with Crippen LogP contribution in [0.5, 0.6) is 0 Å². The van der Waals surface area contributed by atoms with E-state index in [4.69, 9.17) is 9.31 Å². The number of hydrogen-bond acceptors (Lipinski definition) is 5. The fourth-order valence-corrected chi connectivity index (χ4v) is 2.65. The molecular weight excluding hydrogens is 299 g/mol. The van der Waals surface area contributed by atoms with Crippen molar-refractivity contribution < 1.29 is 19.5 Å². The summed E-state index contributed by atoms with van der Waals surface area (Å²) < 4.78 is 12.0. The average Bonchev–Trinajstić information content (AvgIpc) is 2.67. The maximum atomic E-state index is 10.2. The Kier molecular flexibility index (Phi) is 5.29. The summed E-state index contributed by atoms with van der Waals surface area (Å²) in [5.41, 5.74) is 0.685. The van der Waals surface area contributed by atoms with Gasteiger partial charge in [0, 0.05) is 0 Å². The third-order valence-corrected chi connectivity index (χ3v) is 4.83. The van der Waals surface area contributed by atoms with Crippen LogP contribution in [0, 0.1) is 0 Å². The maximum absolute atomic E-state index is 10.2. The molecule has 1 aromatic rings. The van der Waals surface area contributed by atoms with E-state index in [0.717, 1.165) is 5.46 Å². The van der Waals surface area contributed by atoms with Crippen molar-refractivity contribution >= 4 is 25.2 Å². The molecule has 6 heteroatoms. The SMILES string of the molecule is CC1(C)OB(c2cccc(C(O)C(O)CCS)c2)OC1(C)C. The number of thiol groups is 1. The van der Waals surface area contributed by atoms with Crippen molar-refractivity contribution in [3.63, 3.8) is 0 Å². The lowest BCUT2D eigenvalue weighted by molar-refractivity contribution is 0.00578. The van der Waals surface area contributed by atoms with Crippen molar-refractivity contribution in [3.8, 4) is 0 Å². The van der Waals surface area contributed by atoms with Gasteiger partial charge >= 0.3 is 7.12 Å². The zero-order valence-corrected chi connectivity index (χ0v) is 14.5. The van der Waals surface area contributed by atoms with Gasteiger partial charge in [-0.25, -0.2) is 0 Å². The van der Waals surface area contributed by atoms with Crippen LogP contribution < -0.4 is 5.46 Å². The summed E-state index contributed by atoms with van der Waals surface area (Å²) in [4.78, 5) is 0. The second-order valence-electron chi connectivity index (χ2n) is 6.78. The van der Waals surface area contributed by atoms with Crippen molar-refractivity contribution in [2.45, 2.75) is 57.5 Å². The van der Waals surface area contributed by atoms with Crippen LogP contribution in [0.3, 0.4) is 0 Å². The van der Waals surface area contributed by atoms with Crippen LogP contribution in [0.25, 0.3) is 0 Å². The Bertz CT molecular complexity index is 505. The highest BCUT2D eigenvalue weighted by atomic mass is 32.1. The summed E-state index contributed by atoms with van der Waals surface area (Å²) in [6.07, 6.45) is -1.33. The Balaban J connectivity index is 2.20. The molecule has 1 aromatic carbocycles. The molecule has 2 atom stereocenters. The van der Waals surface area contributed by atoms with E-state index in [2.05, 4.69) is 12.6 Å². The lowest BCUT2D eigenvalue weighted by Gasteiger charge is -2.32. The minimum absolute atomic E-state index is 0.405. The van der Waals surface area contributed by atoms with Crippen molar-refractivity contribution in [1.82, 2.24) is 0 Å². The van der Waals surface area contributed by atoms with Crippen LogP contribution in [0.1, 0.15) is 45.8 Å². The standard InChI is InChI=1S/C16H25BO4S/c1-15(2)16(3,4)21-17(20-15)12-7-5-6-11(10-12)14(19)13(18)8-9-22/h5-7,10,13-14,18-19,22H,8-9H2,1-4H3. The van der Waals surface area contributed by atoms with Crippen molar-refractivity contribution in [2.24, 2.45) is 0 Å². The quantitative estimate of drug-likeness (QED) is 0.570. The van der Waals surface area contributed by atoms with Gasteiger partial charge in [0.2, 0.25) is 0 Å². The average molecular weight is 324 g/mol. The molecule has 2 rings (SSSR count). The second-order valence-corrected chi connectivity index (χ2v) is 7.23. The molecule has 2 unspecified atom stereocenters. The predicted octanol–water partition coefficient (Wildman–Crippen LogP) is 1.70. The van der Waals surface area contributed by atoms with E-state index < -0.39 is 30.5 Å². The van der Waals surface area contributed by atoms with Gasteiger partial charge < -0.3 is 19.5 Å². The fraction of sp³-hybridized carbons (Fsp3) is 0.625. The first-order valence-corrected chi connectivity index (χ1v) is 8.24.